The van der Waals surface area contributed by atoms with Gasteiger partial charge >= 0.3 is 6.18 Å². The van der Waals surface area contributed by atoms with Gasteiger partial charge in [-0.15, -0.1) is 0 Å². The predicted octanol–water partition coefficient (Wildman–Crippen LogP) is 5.94. The molecule has 0 amide bonds. The Labute approximate surface area is 201 Å². The predicted molar refractivity (Wildman–Crippen MR) is 129 cm³/mol. The number of nitrogens with zero attached hydrogens (tertiary/aromatic N) is 2. The van der Waals surface area contributed by atoms with Crippen molar-refractivity contribution in [1.82, 2.24) is 9.80 Å². The van der Waals surface area contributed by atoms with Crippen molar-refractivity contribution in [3.8, 4) is 0 Å². The van der Waals surface area contributed by atoms with Crippen molar-refractivity contribution < 1.29 is 17.6 Å². The van der Waals surface area contributed by atoms with Gasteiger partial charge in [0.2, 0.25) is 0 Å². The van der Waals surface area contributed by atoms with Crippen LogP contribution < -0.4 is 5.14 Å². The molecule has 4 rings (SSSR count). The standard InChI is InChI=1S/C26H27F4N3S/c1-17(3-4-19-5-7-20(8-6-19)12-26(28,29)30)32-13-21-15-33(16-22(21)14-32)18(2)24-10-9-23(34-31)11-25(24)27/h5-11H,1-4,12-16,31H2. The summed E-state index contributed by atoms with van der Waals surface area (Å²) in [4.78, 5) is 5.01. The number of hydrogen-bond donors (Lipinski definition) is 1. The second-order valence-electron chi connectivity index (χ2n) is 8.80. The van der Waals surface area contributed by atoms with Crippen molar-refractivity contribution in [1.29, 1.82) is 0 Å². The van der Waals surface area contributed by atoms with E-state index in [9.17, 15) is 17.6 Å². The summed E-state index contributed by atoms with van der Waals surface area (Å²) < 4.78 is 52.0. The summed E-state index contributed by atoms with van der Waals surface area (Å²) in [6, 6.07) is 11.6. The van der Waals surface area contributed by atoms with Crippen molar-refractivity contribution >= 4 is 17.6 Å². The Kier molecular flexibility index (Phi) is 7.09. The van der Waals surface area contributed by atoms with Gasteiger partial charge in [-0.1, -0.05) is 37.4 Å². The maximum absolute atomic E-state index is 14.5. The molecule has 0 aliphatic carbocycles. The third-order valence-electron chi connectivity index (χ3n) is 6.37. The summed E-state index contributed by atoms with van der Waals surface area (Å²) in [6.45, 7) is 11.4. The lowest BCUT2D eigenvalue weighted by atomic mass is 10.0. The summed E-state index contributed by atoms with van der Waals surface area (Å²) >= 11 is 1.01. The molecule has 0 aromatic heterocycles. The first-order valence-corrected chi connectivity index (χ1v) is 11.9. The summed E-state index contributed by atoms with van der Waals surface area (Å²) in [6.07, 6.45) is -3.62. The van der Waals surface area contributed by atoms with E-state index in [2.05, 4.69) is 23.0 Å². The number of nitrogens with two attached hydrogens (primary N) is 1. The zero-order valence-electron chi connectivity index (χ0n) is 18.8. The Morgan fingerprint density at radius 3 is 2.06 bits per heavy atom. The van der Waals surface area contributed by atoms with Crippen molar-refractivity contribution in [2.45, 2.75) is 30.3 Å². The quantitative estimate of drug-likeness (QED) is 0.283. The lowest BCUT2D eigenvalue weighted by molar-refractivity contribution is -0.127. The molecule has 180 valence electrons. The summed E-state index contributed by atoms with van der Waals surface area (Å²) in [7, 11) is 0. The average molecular weight is 490 g/mol. The topological polar surface area (TPSA) is 32.5 Å². The minimum Gasteiger partial charge on any atom is -0.367 e. The molecule has 0 radical (unpaired) electrons. The molecular formula is C26H27F4N3S. The van der Waals surface area contributed by atoms with E-state index in [1.54, 1.807) is 36.4 Å². The normalized spacial score (nSPS) is 15.8. The van der Waals surface area contributed by atoms with E-state index >= 15 is 0 Å². The van der Waals surface area contributed by atoms with Gasteiger partial charge in [-0.3, -0.25) is 5.14 Å². The molecule has 0 atom stereocenters. The van der Waals surface area contributed by atoms with Crippen molar-refractivity contribution in [3.05, 3.63) is 95.0 Å². The van der Waals surface area contributed by atoms with Gasteiger partial charge in [0.1, 0.15) is 5.82 Å². The van der Waals surface area contributed by atoms with Crippen LogP contribution in [0.1, 0.15) is 23.1 Å². The van der Waals surface area contributed by atoms with Crippen LogP contribution >= 0.6 is 11.9 Å². The van der Waals surface area contributed by atoms with Crippen LogP contribution in [0.3, 0.4) is 0 Å². The molecule has 34 heavy (non-hydrogen) atoms. The van der Waals surface area contributed by atoms with E-state index in [-0.39, 0.29) is 11.4 Å². The third kappa shape index (κ3) is 5.67. The lowest BCUT2D eigenvalue weighted by Gasteiger charge is -2.28. The molecule has 2 heterocycles. The van der Waals surface area contributed by atoms with E-state index in [0.29, 0.717) is 29.2 Å². The third-order valence-corrected chi connectivity index (χ3v) is 6.90. The Morgan fingerprint density at radius 2 is 1.50 bits per heavy atom. The number of aryl methyl sites for hydroxylation is 1. The van der Waals surface area contributed by atoms with Crippen LogP contribution in [0.25, 0.3) is 5.70 Å². The Morgan fingerprint density at radius 1 is 0.912 bits per heavy atom. The molecule has 2 aromatic rings. The first kappa shape index (κ1) is 24.4. The summed E-state index contributed by atoms with van der Waals surface area (Å²) in [5, 5.41) is 5.51. The van der Waals surface area contributed by atoms with Gasteiger partial charge in [0.05, 0.1) is 6.42 Å². The minimum absolute atomic E-state index is 0.274. The van der Waals surface area contributed by atoms with Gasteiger partial charge in [-0.05, 0) is 65.3 Å². The van der Waals surface area contributed by atoms with Gasteiger partial charge in [0.15, 0.2) is 0 Å². The smallest absolute Gasteiger partial charge is 0.367 e. The Bertz CT molecular complexity index is 1100. The number of benzene rings is 2. The highest BCUT2D eigenvalue weighted by molar-refractivity contribution is 7.97. The van der Waals surface area contributed by atoms with Gasteiger partial charge < -0.3 is 9.80 Å². The van der Waals surface area contributed by atoms with Crippen molar-refractivity contribution in [2.75, 3.05) is 26.2 Å². The van der Waals surface area contributed by atoms with Crippen LogP contribution in [-0.4, -0.2) is 42.2 Å². The van der Waals surface area contributed by atoms with Crippen LogP contribution in [0.5, 0.6) is 0 Å². The zero-order chi connectivity index (χ0) is 24.5. The maximum atomic E-state index is 14.5. The minimum atomic E-state index is -4.19. The molecule has 2 N–H and O–H groups in total. The first-order chi connectivity index (χ1) is 16.1. The summed E-state index contributed by atoms with van der Waals surface area (Å²) in [5.74, 6) is -0.325. The largest absolute Gasteiger partial charge is 0.393 e. The van der Waals surface area contributed by atoms with Crippen LogP contribution in [0.15, 0.2) is 77.4 Å². The lowest BCUT2D eigenvalue weighted by Crippen LogP contribution is -2.28. The molecule has 2 aromatic carbocycles. The number of halogens is 4. The first-order valence-electron chi connectivity index (χ1n) is 11.0. The van der Waals surface area contributed by atoms with Crippen molar-refractivity contribution in [2.24, 2.45) is 5.14 Å². The van der Waals surface area contributed by atoms with Gasteiger partial charge in [0, 0.05) is 48.0 Å². The van der Waals surface area contributed by atoms with E-state index in [1.165, 1.54) is 17.2 Å². The number of rotatable bonds is 8. The van der Waals surface area contributed by atoms with E-state index in [0.717, 1.165) is 49.1 Å². The molecule has 2 aliphatic heterocycles. The molecule has 8 heteroatoms. The Balaban J connectivity index is 1.26. The van der Waals surface area contributed by atoms with Crippen LogP contribution in [0, 0.1) is 5.82 Å². The van der Waals surface area contributed by atoms with E-state index in [4.69, 9.17) is 5.14 Å². The fourth-order valence-corrected chi connectivity index (χ4v) is 4.79. The molecule has 0 unspecified atom stereocenters. The second kappa shape index (κ2) is 9.88. The fourth-order valence-electron chi connectivity index (χ4n) is 4.47. The van der Waals surface area contributed by atoms with Gasteiger partial charge in [-0.25, -0.2) is 4.39 Å². The zero-order valence-corrected chi connectivity index (χ0v) is 19.6. The van der Waals surface area contributed by atoms with Gasteiger partial charge in [0.25, 0.3) is 0 Å². The maximum Gasteiger partial charge on any atom is 0.393 e. The average Bonchev–Trinajstić information content (AvgIpc) is 3.36. The van der Waals surface area contributed by atoms with E-state index in [1.807, 2.05) is 0 Å². The molecule has 0 bridgehead atoms. The molecule has 0 spiro atoms. The van der Waals surface area contributed by atoms with E-state index < -0.39 is 12.6 Å². The molecule has 2 aliphatic rings. The van der Waals surface area contributed by atoms with Gasteiger partial charge in [-0.2, -0.15) is 13.2 Å². The highest BCUT2D eigenvalue weighted by Gasteiger charge is 2.31. The highest BCUT2D eigenvalue weighted by atomic mass is 32.2. The van der Waals surface area contributed by atoms with Crippen molar-refractivity contribution in [3.63, 3.8) is 0 Å². The monoisotopic (exact) mass is 489 g/mol. The molecule has 0 fully saturated rings. The molecule has 0 saturated carbocycles. The van der Waals surface area contributed by atoms with Crippen LogP contribution in [-0.2, 0) is 12.8 Å². The number of allylic oxidation sites excluding steroid dienone is 1. The SMILES string of the molecule is C=C(CCc1ccc(CC(F)(F)F)cc1)N1CC2=C(C1)CN(C(=C)c1ccc(SN)cc1F)C2. The molecule has 3 nitrogen and oxygen atoms in total. The number of alkyl halides is 3. The van der Waals surface area contributed by atoms with Crippen LogP contribution in [0.4, 0.5) is 17.6 Å². The molecular weight excluding hydrogens is 462 g/mol. The fraction of sp³-hybridized carbons (Fsp3) is 0.308. The Hall–Kier alpha value is -2.71. The van der Waals surface area contributed by atoms with Crippen LogP contribution in [0.2, 0.25) is 0 Å². The molecule has 0 saturated heterocycles. The number of hydrogen-bond acceptors (Lipinski definition) is 4. The summed E-state index contributed by atoms with van der Waals surface area (Å²) in [5.41, 5.74) is 6.06. The highest BCUT2D eigenvalue weighted by Crippen LogP contribution is 2.34. The second-order valence-corrected chi connectivity index (χ2v) is 9.51.